The molecule has 21 N–H and O–H groups in total. The van der Waals surface area contributed by atoms with Gasteiger partial charge in [-0.05, 0) is 64.2 Å². The molecule has 16 atom stereocenters. The predicted molar refractivity (Wildman–Crippen MR) is 335 cm³/mol. The van der Waals surface area contributed by atoms with E-state index in [2.05, 4.69) is 45.5 Å². The van der Waals surface area contributed by atoms with Crippen LogP contribution in [0.4, 0.5) is 0 Å². The second-order valence-corrected chi connectivity index (χ2v) is 27.0. The number of hydrogen-bond acceptors (Lipinski definition) is 30. The van der Waals surface area contributed by atoms with Gasteiger partial charge in [-0.2, -0.15) is 0 Å². The molecular weight excluding hydrogens is 1410 g/mol. The van der Waals surface area contributed by atoms with Gasteiger partial charge < -0.3 is 150 Å². The number of phosphoric ester groups is 3. The van der Waals surface area contributed by atoms with Crippen LogP contribution in [0.15, 0.2) is 0 Å². The van der Waals surface area contributed by atoms with Crippen molar-refractivity contribution < 1.29 is 174 Å². The van der Waals surface area contributed by atoms with Gasteiger partial charge in [0.25, 0.3) is 0 Å². The van der Waals surface area contributed by atoms with Crippen LogP contribution in [-0.4, -0.2) is 321 Å². The third-order valence-electron chi connectivity index (χ3n) is 15.0. The van der Waals surface area contributed by atoms with Crippen LogP contribution in [0.25, 0.3) is 0 Å². The highest BCUT2D eigenvalue weighted by molar-refractivity contribution is 7.46. The molecule has 0 bridgehead atoms. The van der Waals surface area contributed by atoms with Gasteiger partial charge >= 0.3 is 23.5 Å². The van der Waals surface area contributed by atoms with Gasteiger partial charge in [-0.1, -0.05) is 0 Å². The molecule has 3 rings (SSSR count). The van der Waals surface area contributed by atoms with Crippen molar-refractivity contribution in [3.05, 3.63) is 0 Å². The van der Waals surface area contributed by atoms with Crippen molar-refractivity contribution in [2.24, 2.45) is 0 Å². The lowest BCUT2D eigenvalue weighted by molar-refractivity contribution is -0.300. The number of carbonyl (C=O) groups is 6. The first-order valence-electron chi connectivity index (χ1n) is 32.7. The second kappa shape index (κ2) is 49.3. The lowest BCUT2D eigenvalue weighted by Crippen LogP contribution is -2.59. The molecule has 0 aromatic carbocycles. The number of rotatable bonds is 54. The van der Waals surface area contributed by atoms with Crippen LogP contribution in [0.2, 0.25) is 0 Å². The van der Waals surface area contributed by atoms with Gasteiger partial charge in [0.2, 0.25) is 35.4 Å². The van der Waals surface area contributed by atoms with E-state index in [1.165, 1.54) is 0 Å². The number of aliphatic hydroxyl groups excluding tert-OH is 9. The zero-order valence-electron chi connectivity index (χ0n) is 55.2. The predicted octanol–water partition coefficient (Wildman–Crippen LogP) is -6.86. The van der Waals surface area contributed by atoms with E-state index in [0.717, 1.165) is 0 Å². The quantitative estimate of drug-likeness (QED) is 0.0199. The number of aliphatic hydroxyl groups is 9. The lowest BCUT2D eigenvalue weighted by Gasteiger charge is -2.40. The normalized spacial score (nSPS) is 26.1. The maximum atomic E-state index is 12.7. The average Bonchev–Trinajstić information content (AvgIpc) is 0.832. The van der Waals surface area contributed by atoms with Crippen molar-refractivity contribution in [2.75, 3.05) is 112 Å². The lowest BCUT2D eigenvalue weighted by atomic mass is 9.99. The Hall–Kier alpha value is -3.57. The molecule has 100 heavy (non-hydrogen) atoms. The zero-order chi connectivity index (χ0) is 74.3. The third-order valence-corrected chi connectivity index (χ3v) is 16.4. The molecule has 584 valence electrons. The molecule has 3 heterocycles. The SMILES string of the molecule is O=C(CCCCOC1OC(COP(=O)(O)O)C(O)C(O)C1O)NCCCNC(=O)CCOCCC(COCCC(=O)NCCCNC(=O)CCCCOC1OC(COP(=O)(O)O)C(O)C(O)C1O)OCCC(=O)NCCCNC(=O)CCCCOC1OC(COP(=O)(O)O)C(O)C(O)C1O. The Bertz CT molecular complexity index is 2510. The maximum absolute atomic E-state index is 12.7. The number of phosphoric acid groups is 3. The highest BCUT2D eigenvalue weighted by Crippen LogP contribution is 2.39. The number of unbranched alkanes of at least 4 members (excludes halogenated alkanes) is 3. The van der Waals surface area contributed by atoms with Crippen LogP contribution < -0.4 is 31.9 Å². The summed E-state index contributed by atoms with van der Waals surface area (Å²) in [6, 6.07) is 0. The minimum atomic E-state index is -4.92. The summed E-state index contributed by atoms with van der Waals surface area (Å²) < 4.78 is 95.7. The van der Waals surface area contributed by atoms with Crippen LogP contribution in [0, 0.1) is 0 Å². The Morgan fingerprint density at radius 2 is 0.610 bits per heavy atom. The van der Waals surface area contributed by atoms with E-state index in [-0.39, 0.29) is 173 Å². The zero-order valence-corrected chi connectivity index (χ0v) is 57.9. The molecule has 0 aromatic heterocycles. The van der Waals surface area contributed by atoms with Crippen molar-refractivity contribution >= 4 is 58.9 Å². The first kappa shape index (κ1) is 90.6. The van der Waals surface area contributed by atoms with E-state index in [4.69, 9.17) is 72.0 Å². The Morgan fingerprint density at radius 3 is 0.910 bits per heavy atom. The van der Waals surface area contributed by atoms with E-state index < -0.39 is 142 Å². The Balaban J connectivity index is 1.31. The number of amides is 6. The molecule has 45 heteroatoms. The fourth-order valence-electron chi connectivity index (χ4n) is 9.41. The Labute approximate surface area is 576 Å². The van der Waals surface area contributed by atoms with Crippen molar-refractivity contribution in [1.82, 2.24) is 31.9 Å². The van der Waals surface area contributed by atoms with E-state index >= 15 is 0 Å². The van der Waals surface area contributed by atoms with Gasteiger partial charge in [0.1, 0.15) is 73.2 Å². The van der Waals surface area contributed by atoms with E-state index in [1.54, 1.807) is 0 Å². The molecule has 0 aromatic rings. The number of ether oxygens (including phenoxy) is 9. The summed E-state index contributed by atoms with van der Waals surface area (Å²) in [6.45, 7) is -0.886. The first-order valence-corrected chi connectivity index (χ1v) is 37.3. The minimum Gasteiger partial charge on any atom is -0.387 e. The molecule has 0 spiro atoms. The Kier molecular flexibility index (Phi) is 44.7. The van der Waals surface area contributed by atoms with E-state index in [1.807, 2.05) is 0 Å². The minimum absolute atomic E-state index is 0.00168. The molecule has 16 unspecified atom stereocenters. The number of hydrogen-bond donors (Lipinski definition) is 21. The van der Waals surface area contributed by atoms with Crippen LogP contribution >= 0.6 is 23.5 Å². The van der Waals surface area contributed by atoms with Crippen LogP contribution in [-0.2, 0) is 98.7 Å². The molecular formula is C55H103N6O36P3. The summed E-state index contributed by atoms with van der Waals surface area (Å²) >= 11 is 0. The van der Waals surface area contributed by atoms with E-state index in [9.17, 15) is 88.4 Å². The monoisotopic (exact) mass is 1520 g/mol. The van der Waals surface area contributed by atoms with E-state index in [0.29, 0.717) is 57.8 Å². The van der Waals surface area contributed by atoms with Crippen LogP contribution in [0.5, 0.6) is 0 Å². The van der Waals surface area contributed by atoms with Gasteiger partial charge in [-0.25, -0.2) is 13.7 Å². The summed E-state index contributed by atoms with van der Waals surface area (Å²) in [4.78, 5) is 128. The molecule has 3 saturated heterocycles. The second-order valence-electron chi connectivity index (χ2n) is 23.3. The topological polar surface area (TPSA) is 640 Å². The smallest absolute Gasteiger partial charge is 0.387 e. The van der Waals surface area contributed by atoms with Crippen LogP contribution in [0.1, 0.15) is 103 Å². The number of nitrogens with one attached hydrogen (secondary N) is 6. The van der Waals surface area contributed by atoms with Crippen LogP contribution in [0.3, 0.4) is 0 Å². The molecule has 0 saturated carbocycles. The summed E-state index contributed by atoms with van der Waals surface area (Å²) in [5, 5.41) is 108. The average molecular weight is 1520 g/mol. The highest BCUT2D eigenvalue weighted by Gasteiger charge is 2.47. The molecule has 3 fully saturated rings. The largest absolute Gasteiger partial charge is 0.469 e. The maximum Gasteiger partial charge on any atom is 0.469 e. The molecule has 3 aliphatic rings. The molecule has 0 radical (unpaired) electrons. The summed E-state index contributed by atoms with van der Waals surface area (Å²) in [5.74, 6) is -1.83. The Morgan fingerprint density at radius 1 is 0.330 bits per heavy atom. The summed E-state index contributed by atoms with van der Waals surface area (Å²) in [7, 11) is -14.8. The molecule has 42 nitrogen and oxygen atoms in total. The van der Waals surface area contributed by atoms with Gasteiger partial charge in [0, 0.05) is 104 Å². The standard InChI is InChI=1S/C55H103N6O36P3/c62-38(10-1-4-23-89-53-50(74)47(71)44(68)35(95-53)31-92-98(77,78)79)56-17-7-20-59-41(65)14-27-86-26-13-34(88-29-16-43(67)61-22-9-19-58-40(64)12-3-6-25-91-55-52(76)49(73)46(70)37(97-55)33-94-100(83,84)85)30-87-28-15-42(66)60-21-8-18-57-39(63)11-2-5-24-90-54-51(75)48(72)45(69)36(96-54)32-93-99(80,81)82/h34-37,44-55,68-76H,1-33H2,(H,56,62)(H,57,63)(H,58,64)(H,59,65)(H,60,66)(H,61,67)(H2,77,78,79)(H2,80,81,82)(H2,83,84,85). The van der Waals surface area contributed by atoms with Crippen molar-refractivity contribution in [2.45, 2.75) is 201 Å². The van der Waals surface area contributed by atoms with Crippen molar-refractivity contribution in [3.8, 4) is 0 Å². The first-order chi connectivity index (χ1) is 47.2. The molecule has 6 amide bonds. The molecule has 0 aliphatic carbocycles. The summed E-state index contributed by atoms with van der Waals surface area (Å²) in [5.41, 5.74) is 0. The fourth-order valence-corrected chi connectivity index (χ4v) is 10.4. The van der Waals surface area contributed by atoms with Crippen molar-refractivity contribution in [1.29, 1.82) is 0 Å². The van der Waals surface area contributed by atoms with Crippen molar-refractivity contribution in [3.63, 3.8) is 0 Å². The third kappa shape index (κ3) is 40.1. The summed E-state index contributed by atoms with van der Waals surface area (Å²) in [6.07, 6.45) is -20.9. The van der Waals surface area contributed by atoms with Gasteiger partial charge in [-0.15, -0.1) is 0 Å². The van der Waals surface area contributed by atoms with Gasteiger partial charge in [0.05, 0.1) is 52.4 Å². The number of carbonyl (C=O) groups excluding carboxylic acids is 6. The highest BCUT2D eigenvalue weighted by atomic mass is 31.2. The fraction of sp³-hybridized carbons (Fsp3) is 0.891. The molecule has 3 aliphatic heterocycles. The van der Waals surface area contributed by atoms with Gasteiger partial charge in [-0.3, -0.25) is 42.3 Å². The van der Waals surface area contributed by atoms with Gasteiger partial charge in [0.15, 0.2) is 18.9 Å².